The van der Waals surface area contributed by atoms with E-state index in [-0.39, 0.29) is 5.92 Å². The first-order valence-electron chi connectivity index (χ1n) is 9.76. The van der Waals surface area contributed by atoms with Gasteiger partial charge in [-0.1, -0.05) is 50.2 Å². The summed E-state index contributed by atoms with van der Waals surface area (Å²) in [6, 6.07) is 22.5. The van der Waals surface area contributed by atoms with Crippen LogP contribution in [-0.4, -0.2) is 19.2 Å². The number of carbonyl (C=O) groups excluding carboxylic acids is 1. The molecular weight excluding hydrogens is 364 g/mol. The van der Waals surface area contributed by atoms with Crippen LogP contribution in [0, 0.1) is 6.92 Å². The van der Waals surface area contributed by atoms with Crippen LogP contribution in [-0.2, 0) is 0 Å². The van der Waals surface area contributed by atoms with Gasteiger partial charge in [0.2, 0.25) is 0 Å². The third kappa shape index (κ3) is 5.85. The molecule has 0 bridgehead atoms. The van der Waals surface area contributed by atoms with E-state index in [4.69, 9.17) is 14.2 Å². The zero-order valence-corrected chi connectivity index (χ0v) is 17.1. The quantitative estimate of drug-likeness (QED) is 0.277. The van der Waals surface area contributed by atoms with Crippen LogP contribution >= 0.6 is 0 Å². The van der Waals surface area contributed by atoms with Crippen LogP contribution in [0.1, 0.15) is 41.3 Å². The fourth-order valence-electron chi connectivity index (χ4n) is 2.91. The van der Waals surface area contributed by atoms with Gasteiger partial charge >= 0.3 is 5.97 Å². The van der Waals surface area contributed by atoms with Crippen LogP contribution in [0.4, 0.5) is 0 Å². The van der Waals surface area contributed by atoms with Crippen molar-refractivity contribution in [1.82, 2.24) is 0 Å². The summed E-state index contributed by atoms with van der Waals surface area (Å²) < 4.78 is 17.0. The number of carbonyl (C=O) groups is 1. The van der Waals surface area contributed by atoms with Crippen LogP contribution in [0.5, 0.6) is 17.2 Å². The molecule has 0 spiro atoms. The van der Waals surface area contributed by atoms with E-state index in [2.05, 4.69) is 13.8 Å². The second kappa shape index (κ2) is 9.78. The van der Waals surface area contributed by atoms with Crippen molar-refractivity contribution in [3.8, 4) is 17.2 Å². The molecule has 3 aromatic carbocycles. The van der Waals surface area contributed by atoms with Gasteiger partial charge in [0.15, 0.2) is 0 Å². The Labute approximate surface area is 172 Å². The SMILES string of the molecule is Cc1ccc(C(C)C)c(OC(=O)c2cccc(OCCOc3ccccc3)c2)c1. The summed E-state index contributed by atoms with van der Waals surface area (Å²) in [6.45, 7) is 6.93. The van der Waals surface area contributed by atoms with Gasteiger partial charge in [-0.25, -0.2) is 4.79 Å². The lowest BCUT2D eigenvalue weighted by atomic mass is 10.0. The first kappa shape index (κ1) is 20.5. The Kier molecular flexibility index (Phi) is 6.90. The molecule has 0 amide bonds. The van der Waals surface area contributed by atoms with Crippen molar-refractivity contribution in [3.63, 3.8) is 0 Å². The summed E-state index contributed by atoms with van der Waals surface area (Å²) in [6.07, 6.45) is 0. The molecule has 4 heteroatoms. The fraction of sp³-hybridized carbons (Fsp3) is 0.240. The molecule has 0 aliphatic heterocycles. The lowest BCUT2D eigenvalue weighted by Crippen LogP contribution is -2.12. The maximum Gasteiger partial charge on any atom is 0.343 e. The second-order valence-electron chi connectivity index (χ2n) is 7.12. The zero-order valence-electron chi connectivity index (χ0n) is 17.1. The maximum absolute atomic E-state index is 12.7. The standard InChI is InChI=1S/C25H26O4/c1-18(2)23-13-12-19(3)16-24(23)29-25(26)20-8-7-11-22(17-20)28-15-14-27-21-9-5-4-6-10-21/h4-13,16-18H,14-15H2,1-3H3. The van der Waals surface area contributed by atoms with E-state index in [1.165, 1.54) is 0 Å². The van der Waals surface area contributed by atoms with Crippen LogP contribution in [0.25, 0.3) is 0 Å². The molecule has 150 valence electrons. The zero-order chi connectivity index (χ0) is 20.6. The molecule has 0 radical (unpaired) electrons. The Hall–Kier alpha value is -3.27. The third-order valence-electron chi connectivity index (χ3n) is 4.43. The lowest BCUT2D eigenvalue weighted by molar-refractivity contribution is 0.0732. The summed E-state index contributed by atoms with van der Waals surface area (Å²) in [5.41, 5.74) is 2.50. The number of ether oxygens (including phenoxy) is 3. The Balaban J connectivity index is 1.60. The molecule has 0 atom stereocenters. The molecule has 0 saturated carbocycles. The van der Waals surface area contributed by atoms with Gasteiger partial charge in [0.25, 0.3) is 0 Å². The van der Waals surface area contributed by atoms with E-state index >= 15 is 0 Å². The van der Waals surface area contributed by atoms with E-state index in [9.17, 15) is 4.79 Å². The Bertz CT molecular complexity index is 948. The molecule has 29 heavy (non-hydrogen) atoms. The highest BCUT2D eigenvalue weighted by Crippen LogP contribution is 2.28. The highest BCUT2D eigenvalue weighted by Gasteiger charge is 2.14. The third-order valence-corrected chi connectivity index (χ3v) is 4.43. The molecular formula is C25H26O4. The van der Waals surface area contributed by atoms with Crippen LogP contribution in [0.3, 0.4) is 0 Å². The number of para-hydroxylation sites is 1. The van der Waals surface area contributed by atoms with E-state index < -0.39 is 5.97 Å². The smallest absolute Gasteiger partial charge is 0.343 e. The van der Waals surface area contributed by atoms with E-state index in [0.29, 0.717) is 30.3 Å². The molecule has 0 unspecified atom stereocenters. The summed E-state index contributed by atoms with van der Waals surface area (Å²) >= 11 is 0. The normalized spacial score (nSPS) is 10.6. The van der Waals surface area contributed by atoms with Crippen molar-refractivity contribution >= 4 is 5.97 Å². The molecule has 0 N–H and O–H groups in total. The van der Waals surface area contributed by atoms with Crippen molar-refractivity contribution in [2.45, 2.75) is 26.7 Å². The molecule has 3 rings (SSSR count). The molecule has 0 aliphatic carbocycles. The van der Waals surface area contributed by atoms with Gasteiger partial charge in [-0.2, -0.15) is 0 Å². The van der Waals surface area contributed by atoms with Gasteiger partial charge in [-0.15, -0.1) is 0 Å². The summed E-state index contributed by atoms with van der Waals surface area (Å²) in [4.78, 5) is 12.7. The Morgan fingerprint density at radius 2 is 1.52 bits per heavy atom. The maximum atomic E-state index is 12.7. The molecule has 0 saturated heterocycles. The highest BCUT2D eigenvalue weighted by atomic mass is 16.5. The first-order chi connectivity index (χ1) is 14.0. The minimum atomic E-state index is -0.400. The lowest BCUT2D eigenvalue weighted by Gasteiger charge is -2.14. The van der Waals surface area contributed by atoms with Crippen molar-refractivity contribution in [1.29, 1.82) is 0 Å². The number of esters is 1. The predicted octanol–water partition coefficient (Wildman–Crippen LogP) is 5.80. The van der Waals surface area contributed by atoms with Gasteiger partial charge in [-0.05, 0) is 60.4 Å². The van der Waals surface area contributed by atoms with E-state index in [1.807, 2.05) is 61.5 Å². The van der Waals surface area contributed by atoms with Gasteiger partial charge in [0, 0.05) is 0 Å². The predicted molar refractivity (Wildman–Crippen MR) is 114 cm³/mol. The van der Waals surface area contributed by atoms with Crippen molar-refractivity contribution in [2.24, 2.45) is 0 Å². The number of hydrogen-bond donors (Lipinski definition) is 0. The summed E-state index contributed by atoms with van der Waals surface area (Å²) in [5.74, 6) is 1.87. The van der Waals surface area contributed by atoms with Gasteiger partial charge < -0.3 is 14.2 Å². The highest BCUT2D eigenvalue weighted by molar-refractivity contribution is 5.91. The van der Waals surface area contributed by atoms with Crippen molar-refractivity contribution < 1.29 is 19.0 Å². The first-order valence-corrected chi connectivity index (χ1v) is 9.76. The molecule has 0 fully saturated rings. The fourth-order valence-corrected chi connectivity index (χ4v) is 2.91. The number of benzene rings is 3. The average Bonchev–Trinajstić information content (AvgIpc) is 2.72. The number of aryl methyl sites for hydroxylation is 1. The van der Waals surface area contributed by atoms with Crippen LogP contribution < -0.4 is 14.2 Å². The number of rotatable bonds is 8. The molecule has 4 nitrogen and oxygen atoms in total. The van der Waals surface area contributed by atoms with E-state index in [1.54, 1.807) is 18.2 Å². The summed E-state index contributed by atoms with van der Waals surface area (Å²) in [7, 11) is 0. The van der Waals surface area contributed by atoms with E-state index in [0.717, 1.165) is 16.9 Å². The Morgan fingerprint density at radius 3 is 2.24 bits per heavy atom. The monoisotopic (exact) mass is 390 g/mol. The van der Waals surface area contributed by atoms with Crippen molar-refractivity contribution in [2.75, 3.05) is 13.2 Å². The second-order valence-corrected chi connectivity index (χ2v) is 7.12. The Morgan fingerprint density at radius 1 is 0.828 bits per heavy atom. The number of hydrogen-bond acceptors (Lipinski definition) is 4. The van der Waals surface area contributed by atoms with Crippen molar-refractivity contribution in [3.05, 3.63) is 89.5 Å². The average molecular weight is 390 g/mol. The van der Waals surface area contributed by atoms with Gasteiger partial charge in [0.05, 0.1) is 5.56 Å². The van der Waals surface area contributed by atoms with Crippen LogP contribution in [0.15, 0.2) is 72.8 Å². The van der Waals surface area contributed by atoms with Gasteiger partial charge in [-0.3, -0.25) is 0 Å². The van der Waals surface area contributed by atoms with Crippen LogP contribution in [0.2, 0.25) is 0 Å². The molecule has 0 heterocycles. The summed E-state index contributed by atoms with van der Waals surface area (Å²) in [5, 5.41) is 0. The molecule has 3 aromatic rings. The molecule has 0 aromatic heterocycles. The van der Waals surface area contributed by atoms with Gasteiger partial charge in [0.1, 0.15) is 30.5 Å². The largest absolute Gasteiger partial charge is 0.490 e. The minimum Gasteiger partial charge on any atom is -0.490 e. The minimum absolute atomic E-state index is 0.262. The molecule has 0 aliphatic rings. The topological polar surface area (TPSA) is 44.8 Å².